The summed E-state index contributed by atoms with van der Waals surface area (Å²) in [6.45, 7) is 2.50. The van der Waals surface area contributed by atoms with Gasteiger partial charge in [-0.25, -0.2) is 13.2 Å². The molecule has 2 aromatic rings. The number of benzene rings is 2. The first-order valence-electron chi connectivity index (χ1n) is 6.68. The minimum Gasteiger partial charge on any atom is -0.309 e. The van der Waals surface area contributed by atoms with Gasteiger partial charge in [-0.1, -0.05) is 31.2 Å². The molecule has 0 spiro atoms. The number of rotatable bonds is 6. The lowest BCUT2D eigenvalue weighted by atomic mass is 10.1. The SMILES string of the molecule is CCNC(CSc1ccccc1F)c1cccc(F)c1F. The van der Waals surface area contributed by atoms with Crippen LogP contribution in [0.5, 0.6) is 0 Å². The quantitative estimate of drug-likeness (QED) is 0.786. The summed E-state index contributed by atoms with van der Waals surface area (Å²) in [5.74, 6) is -1.61. The molecular weight excluding hydrogens is 295 g/mol. The first kappa shape index (κ1) is 15.9. The average molecular weight is 311 g/mol. The van der Waals surface area contributed by atoms with Gasteiger partial charge in [0.25, 0.3) is 0 Å². The predicted octanol–water partition coefficient (Wildman–Crippen LogP) is 4.55. The zero-order valence-electron chi connectivity index (χ0n) is 11.6. The molecule has 0 aromatic heterocycles. The van der Waals surface area contributed by atoms with E-state index in [0.29, 0.717) is 17.2 Å². The summed E-state index contributed by atoms with van der Waals surface area (Å²) in [5, 5.41) is 3.11. The van der Waals surface area contributed by atoms with E-state index < -0.39 is 11.6 Å². The van der Waals surface area contributed by atoms with Gasteiger partial charge in [0.2, 0.25) is 0 Å². The fourth-order valence-electron chi connectivity index (χ4n) is 2.03. The van der Waals surface area contributed by atoms with Crippen molar-refractivity contribution in [3.8, 4) is 0 Å². The van der Waals surface area contributed by atoms with Gasteiger partial charge in [-0.3, -0.25) is 0 Å². The van der Waals surface area contributed by atoms with Crippen LogP contribution in [0.3, 0.4) is 0 Å². The Morgan fingerprint density at radius 1 is 1.00 bits per heavy atom. The third kappa shape index (κ3) is 4.02. The standard InChI is InChI=1S/C16H16F3NS/c1-2-20-14(11-6-5-8-13(18)16(11)19)10-21-15-9-4-3-7-12(15)17/h3-9,14,20H,2,10H2,1H3. The van der Waals surface area contributed by atoms with Crippen LogP contribution >= 0.6 is 11.8 Å². The Hall–Kier alpha value is -1.46. The van der Waals surface area contributed by atoms with E-state index >= 15 is 0 Å². The fraction of sp³-hybridized carbons (Fsp3) is 0.250. The Labute approximate surface area is 126 Å². The number of hydrogen-bond acceptors (Lipinski definition) is 2. The number of hydrogen-bond donors (Lipinski definition) is 1. The van der Waals surface area contributed by atoms with Crippen LogP contribution in [-0.2, 0) is 0 Å². The van der Waals surface area contributed by atoms with Crippen LogP contribution in [0.2, 0.25) is 0 Å². The lowest BCUT2D eigenvalue weighted by Gasteiger charge is -2.19. The summed E-state index contributed by atoms with van der Waals surface area (Å²) in [7, 11) is 0. The molecule has 1 nitrogen and oxygen atoms in total. The highest BCUT2D eigenvalue weighted by molar-refractivity contribution is 7.99. The molecule has 0 aliphatic heterocycles. The van der Waals surface area contributed by atoms with Gasteiger partial charge in [0.05, 0.1) is 0 Å². The third-order valence-electron chi connectivity index (χ3n) is 3.05. The van der Waals surface area contributed by atoms with Gasteiger partial charge in [-0.05, 0) is 24.7 Å². The predicted molar refractivity (Wildman–Crippen MR) is 79.9 cm³/mol. The molecule has 0 bridgehead atoms. The molecule has 2 aromatic carbocycles. The molecule has 0 aliphatic carbocycles. The highest BCUT2D eigenvalue weighted by Crippen LogP contribution is 2.28. The summed E-state index contributed by atoms with van der Waals surface area (Å²) < 4.78 is 40.8. The lowest BCUT2D eigenvalue weighted by molar-refractivity contribution is 0.478. The third-order valence-corrected chi connectivity index (χ3v) is 4.19. The van der Waals surface area contributed by atoms with Crippen LogP contribution in [0.4, 0.5) is 13.2 Å². The monoisotopic (exact) mass is 311 g/mol. The normalized spacial score (nSPS) is 12.4. The van der Waals surface area contributed by atoms with E-state index in [4.69, 9.17) is 0 Å². The first-order chi connectivity index (χ1) is 10.1. The maximum absolute atomic E-state index is 13.9. The van der Waals surface area contributed by atoms with Crippen molar-refractivity contribution < 1.29 is 13.2 Å². The van der Waals surface area contributed by atoms with Crippen molar-refractivity contribution in [1.82, 2.24) is 5.32 Å². The van der Waals surface area contributed by atoms with Gasteiger partial charge in [-0.2, -0.15) is 0 Å². The molecule has 0 aliphatic rings. The van der Waals surface area contributed by atoms with Crippen LogP contribution in [-0.4, -0.2) is 12.3 Å². The van der Waals surface area contributed by atoms with Crippen LogP contribution in [0, 0.1) is 17.5 Å². The van der Waals surface area contributed by atoms with Gasteiger partial charge in [0.1, 0.15) is 5.82 Å². The van der Waals surface area contributed by atoms with Crippen molar-refractivity contribution in [3.63, 3.8) is 0 Å². The van der Waals surface area contributed by atoms with E-state index in [1.807, 2.05) is 6.92 Å². The lowest BCUT2D eigenvalue weighted by Crippen LogP contribution is -2.24. The fourth-order valence-corrected chi connectivity index (χ4v) is 3.05. The number of halogens is 3. The van der Waals surface area contributed by atoms with Crippen LogP contribution in [0.1, 0.15) is 18.5 Å². The van der Waals surface area contributed by atoms with E-state index in [0.717, 1.165) is 6.07 Å². The molecule has 0 fully saturated rings. The molecule has 2 rings (SSSR count). The Morgan fingerprint density at radius 2 is 1.71 bits per heavy atom. The van der Waals surface area contributed by atoms with Gasteiger partial charge >= 0.3 is 0 Å². The van der Waals surface area contributed by atoms with E-state index in [2.05, 4.69) is 5.32 Å². The molecule has 0 radical (unpaired) electrons. The van der Waals surface area contributed by atoms with Crippen molar-refractivity contribution in [3.05, 3.63) is 65.5 Å². The second-order valence-corrected chi connectivity index (χ2v) is 5.56. The van der Waals surface area contributed by atoms with E-state index in [1.54, 1.807) is 24.3 Å². The molecular formula is C16H16F3NS. The molecule has 1 N–H and O–H groups in total. The van der Waals surface area contributed by atoms with Crippen molar-refractivity contribution in [2.45, 2.75) is 17.9 Å². The minimum absolute atomic E-state index is 0.265. The number of nitrogens with one attached hydrogen (secondary N) is 1. The molecule has 0 saturated heterocycles. The van der Waals surface area contributed by atoms with Crippen molar-refractivity contribution in [2.24, 2.45) is 0 Å². The maximum Gasteiger partial charge on any atom is 0.163 e. The second-order valence-electron chi connectivity index (χ2n) is 4.49. The summed E-state index contributed by atoms with van der Waals surface area (Å²) in [4.78, 5) is 0.497. The summed E-state index contributed by atoms with van der Waals surface area (Å²) in [6, 6.07) is 10.2. The molecule has 21 heavy (non-hydrogen) atoms. The second kappa shape index (κ2) is 7.52. The molecule has 112 valence electrons. The van der Waals surface area contributed by atoms with E-state index in [9.17, 15) is 13.2 Å². The highest BCUT2D eigenvalue weighted by Gasteiger charge is 2.18. The molecule has 1 unspecified atom stereocenters. The van der Waals surface area contributed by atoms with Gasteiger partial charge in [0.15, 0.2) is 11.6 Å². The number of thioether (sulfide) groups is 1. The first-order valence-corrected chi connectivity index (χ1v) is 7.66. The summed E-state index contributed by atoms with van der Waals surface area (Å²) >= 11 is 1.28. The van der Waals surface area contributed by atoms with Crippen molar-refractivity contribution in [2.75, 3.05) is 12.3 Å². The molecule has 0 amide bonds. The smallest absolute Gasteiger partial charge is 0.163 e. The Balaban J connectivity index is 2.16. The largest absolute Gasteiger partial charge is 0.309 e. The van der Waals surface area contributed by atoms with Gasteiger partial charge in [0, 0.05) is 22.3 Å². The minimum atomic E-state index is -0.869. The van der Waals surface area contributed by atoms with Crippen molar-refractivity contribution in [1.29, 1.82) is 0 Å². The molecule has 5 heteroatoms. The van der Waals surface area contributed by atoms with Crippen LogP contribution in [0.25, 0.3) is 0 Å². The summed E-state index contributed by atoms with van der Waals surface area (Å²) in [5.41, 5.74) is 0.265. The highest BCUT2D eigenvalue weighted by atomic mass is 32.2. The van der Waals surface area contributed by atoms with Crippen LogP contribution < -0.4 is 5.32 Å². The molecule has 0 heterocycles. The Bertz CT molecular complexity index is 604. The van der Waals surface area contributed by atoms with Gasteiger partial charge < -0.3 is 5.32 Å². The summed E-state index contributed by atoms with van der Waals surface area (Å²) in [6.07, 6.45) is 0. The van der Waals surface area contributed by atoms with E-state index in [1.165, 1.54) is 23.9 Å². The average Bonchev–Trinajstić information content (AvgIpc) is 2.48. The zero-order chi connectivity index (χ0) is 15.2. The Kier molecular flexibility index (Phi) is 5.70. The van der Waals surface area contributed by atoms with Gasteiger partial charge in [-0.15, -0.1) is 11.8 Å². The zero-order valence-corrected chi connectivity index (χ0v) is 12.4. The Morgan fingerprint density at radius 3 is 2.43 bits per heavy atom. The topological polar surface area (TPSA) is 12.0 Å². The van der Waals surface area contributed by atoms with E-state index in [-0.39, 0.29) is 17.4 Å². The van der Waals surface area contributed by atoms with Crippen LogP contribution in [0.15, 0.2) is 47.4 Å². The molecule has 1 atom stereocenters. The maximum atomic E-state index is 13.9. The molecule has 0 saturated carbocycles. The van der Waals surface area contributed by atoms with Crippen molar-refractivity contribution >= 4 is 11.8 Å².